The fraction of sp³-hybridized carbons (Fsp3) is 0.138. The normalized spacial score (nSPS) is 17.3. The molecule has 0 saturated heterocycles. The number of imide groups is 1. The van der Waals surface area contributed by atoms with Gasteiger partial charge in [0.25, 0.3) is 17.7 Å². The molecule has 0 atom stereocenters. The average Bonchev–Trinajstić information content (AvgIpc) is 3.38. The Kier molecular flexibility index (Phi) is 5.58. The lowest BCUT2D eigenvalue weighted by Crippen LogP contribution is -2.30. The lowest BCUT2D eigenvalue weighted by Gasteiger charge is -2.24. The van der Waals surface area contributed by atoms with E-state index in [9.17, 15) is 14.4 Å². The largest absolute Gasteiger partial charge is 0.491 e. The van der Waals surface area contributed by atoms with Crippen LogP contribution in [0.1, 0.15) is 37.4 Å². The number of fused-ring (bicyclic) bond motifs is 3. The Hall–Kier alpha value is -4.69. The number of nitrogens with one attached hydrogen (secondary N) is 2. The number of carbonyl (C=O) groups excluding carboxylic acids is 3. The predicted octanol–water partition coefficient (Wildman–Crippen LogP) is 4.31. The highest BCUT2D eigenvalue weighted by molar-refractivity contribution is 6.33. The Morgan fingerprint density at radius 3 is 2.19 bits per heavy atom. The first-order valence-corrected chi connectivity index (χ1v) is 11.9. The van der Waals surface area contributed by atoms with Crippen LogP contribution in [-0.2, 0) is 16.1 Å². The van der Waals surface area contributed by atoms with Gasteiger partial charge < -0.3 is 20.1 Å². The molecule has 0 spiro atoms. The second-order valence-corrected chi connectivity index (χ2v) is 8.83. The summed E-state index contributed by atoms with van der Waals surface area (Å²) in [7, 11) is 1.59. The second kappa shape index (κ2) is 9.07. The number of anilines is 2. The van der Waals surface area contributed by atoms with Gasteiger partial charge in [0.2, 0.25) is 0 Å². The molecule has 3 aromatic rings. The summed E-state index contributed by atoms with van der Waals surface area (Å²) in [5.41, 5.74) is 5.81. The minimum atomic E-state index is -0.337. The first-order chi connectivity index (χ1) is 18.1. The van der Waals surface area contributed by atoms with Crippen LogP contribution < -0.4 is 15.4 Å². The average molecular weight is 494 g/mol. The zero-order valence-corrected chi connectivity index (χ0v) is 20.0. The van der Waals surface area contributed by atoms with Crippen LogP contribution in [0.4, 0.5) is 11.4 Å². The molecular weight excluding hydrogens is 470 g/mol. The lowest BCUT2D eigenvalue weighted by molar-refractivity contribution is -0.110. The maximum atomic E-state index is 13.1. The van der Waals surface area contributed by atoms with Gasteiger partial charge >= 0.3 is 0 Å². The van der Waals surface area contributed by atoms with Gasteiger partial charge in [-0.05, 0) is 36.4 Å². The number of carbonyl (C=O) groups is 3. The van der Waals surface area contributed by atoms with E-state index in [4.69, 9.17) is 9.47 Å². The zero-order chi connectivity index (χ0) is 25.5. The van der Waals surface area contributed by atoms with Gasteiger partial charge in [-0.25, -0.2) is 0 Å². The van der Waals surface area contributed by atoms with E-state index in [1.807, 2.05) is 42.5 Å². The first-order valence-electron chi connectivity index (χ1n) is 11.9. The number of ether oxygens (including phenoxy) is 2. The van der Waals surface area contributed by atoms with Crippen molar-refractivity contribution in [2.75, 3.05) is 31.0 Å². The van der Waals surface area contributed by atoms with Crippen molar-refractivity contribution in [3.05, 3.63) is 100 Å². The van der Waals surface area contributed by atoms with Crippen LogP contribution in [0.5, 0.6) is 5.75 Å². The van der Waals surface area contributed by atoms with Crippen LogP contribution in [0, 0.1) is 0 Å². The number of methoxy groups -OCH3 is 1. The molecule has 0 aliphatic carbocycles. The third-order valence-electron chi connectivity index (χ3n) is 6.68. The summed E-state index contributed by atoms with van der Waals surface area (Å²) in [6.45, 7) is 0.745. The SMILES string of the molecule is COCCOc1ccc2c(c1CN1C(=O)c3ccccc3C1=O)C=C/C(=C1/C(=O)Nc3ccccc31)N2. The number of hydrogen-bond acceptors (Lipinski definition) is 6. The molecule has 0 saturated carbocycles. The van der Waals surface area contributed by atoms with Gasteiger partial charge in [-0.15, -0.1) is 0 Å². The van der Waals surface area contributed by atoms with Crippen molar-refractivity contribution < 1.29 is 23.9 Å². The summed E-state index contributed by atoms with van der Waals surface area (Å²) >= 11 is 0. The summed E-state index contributed by atoms with van der Waals surface area (Å²) < 4.78 is 11.1. The van der Waals surface area contributed by atoms with Crippen LogP contribution in [0.25, 0.3) is 11.6 Å². The molecule has 3 heterocycles. The van der Waals surface area contributed by atoms with Crippen molar-refractivity contribution in [1.29, 1.82) is 0 Å². The second-order valence-electron chi connectivity index (χ2n) is 8.83. The van der Waals surface area contributed by atoms with Gasteiger partial charge in [0.1, 0.15) is 12.4 Å². The van der Waals surface area contributed by atoms with E-state index >= 15 is 0 Å². The molecule has 3 aromatic carbocycles. The number of benzene rings is 3. The fourth-order valence-electron chi connectivity index (χ4n) is 4.90. The Bertz CT molecular complexity index is 1500. The molecule has 3 aliphatic rings. The summed E-state index contributed by atoms with van der Waals surface area (Å²) in [6.07, 6.45) is 3.73. The number of para-hydroxylation sites is 1. The number of amides is 3. The molecule has 8 nitrogen and oxygen atoms in total. The van der Waals surface area contributed by atoms with Crippen LogP contribution >= 0.6 is 0 Å². The van der Waals surface area contributed by atoms with Crippen LogP contribution in [-0.4, -0.2) is 42.9 Å². The highest BCUT2D eigenvalue weighted by Crippen LogP contribution is 2.40. The molecule has 0 bridgehead atoms. The Labute approximate surface area is 213 Å². The van der Waals surface area contributed by atoms with E-state index in [0.29, 0.717) is 46.9 Å². The van der Waals surface area contributed by atoms with Crippen molar-refractivity contribution in [3.8, 4) is 5.75 Å². The van der Waals surface area contributed by atoms with Gasteiger partial charge in [-0.2, -0.15) is 0 Å². The van der Waals surface area contributed by atoms with Crippen molar-refractivity contribution in [3.63, 3.8) is 0 Å². The van der Waals surface area contributed by atoms with Gasteiger partial charge in [0.15, 0.2) is 0 Å². The predicted molar refractivity (Wildman–Crippen MR) is 139 cm³/mol. The quantitative estimate of drug-likeness (QED) is 0.302. The van der Waals surface area contributed by atoms with Gasteiger partial charge in [-0.1, -0.05) is 36.4 Å². The molecule has 6 rings (SSSR count). The van der Waals surface area contributed by atoms with Crippen LogP contribution in [0.15, 0.2) is 72.4 Å². The van der Waals surface area contributed by atoms with E-state index in [0.717, 1.165) is 22.5 Å². The molecular formula is C29H23N3O5. The van der Waals surface area contributed by atoms with Crippen molar-refractivity contribution in [2.24, 2.45) is 0 Å². The van der Waals surface area contributed by atoms with E-state index in [1.165, 1.54) is 4.90 Å². The summed E-state index contributed by atoms with van der Waals surface area (Å²) in [6, 6.07) is 18.0. The molecule has 8 heteroatoms. The van der Waals surface area contributed by atoms with Crippen LogP contribution in [0.3, 0.4) is 0 Å². The first kappa shape index (κ1) is 22.8. The zero-order valence-electron chi connectivity index (χ0n) is 20.0. The fourth-order valence-corrected chi connectivity index (χ4v) is 4.90. The smallest absolute Gasteiger partial charge is 0.261 e. The van der Waals surface area contributed by atoms with Gasteiger partial charge in [-0.3, -0.25) is 19.3 Å². The van der Waals surface area contributed by atoms with E-state index < -0.39 is 0 Å². The minimum absolute atomic E-state index is 0.0408. The van der Waals surface area contributed by atoms with Crippen LogP contribution in [0.2, 0.25) is 0 Å². The molecule has 3 aliphatic heterocycles. The maximum absolute atomic E-state index is 13.1. The number of hydrogen-bond donors (Lipinski definition) is 2. The van der Waals surface area contributed by atoms with E-state index in [1.54, 1.807) is 37.4 Å². The summed E-state index contributed by atoms with van der Waals surface area (Å²) in [5, 5.41) is 6.27. The lowest BCUT2D eigenvalue weighted by atomic mass is 9.97. The summed E-state index contributed by atoms with van der Waals surface area (Å²) in [4.78, 5) is 40.2. The number of rotatable bonds is 6. The standard InChI is InChI=1S/C29H23N3O5/c1-36-14-15-37-25-13-12-23-17(21(25)16-32-28(34)18-6-2-3-7-19(18)29(32)35)10-11-24(30-23)26-20-8-4-5-9-22(20)31-27(26)33/h2-13,30H,14-16H2,1H3,(H,31,33)/b26-24-. The van der Waals surface area contributed by atoms with E-state index in [-0.39, 0.29) is 24.3 Å². The molecule has 0 radical (unpaired) electrons. The van der Waals surface area contributed by atoms with Crippen molar-refractivity contribution >= 4 is 40.7 Å². The van der Waals surface area contributed by atoms with E-state index in [2.05, 4.69) is 10.6 Å². The molecule has 2 N–H and O–H groups in total. The molecule has 0 aromatic heterocycles. The minimum Gasteiger partial charge on any atom is -0.491 e. The van der Waals surface area contributed by atoms with Crippen molar-refractivity contribution in [2.45, 2.75) is 6.54 Å². The Morgan fingerprint density at radius 1 is 0.757 bits per heavy atom. The molecule has 37 heavy (non-hydrogen) atoms. The van der Waals surface area contributed by atoms with Gasteiger partial charge in [0, 0.05) is 35.2 Å². The molecule has 0 fully saturated rings. The highest BCUT2D eigenvalue weighted by Gasteiger charge is 2.36. The number of allylic oxidation sites excluding steroid dienone is 1. The molecule has 0 unspecified atom stereocenters. The van der Waals surface area contributed by atoms with Gasteiger partial charge in [0.05, 0.1) is 35.5 Å². The molecule has 3 amide bonds. The maximum Gasteiger partial charge on any atom is 0.261 e. The third-order valence-corrected chi connectivity index (χ3v) is 6.68. The Morgan fingerprint density at radius 2 is 1.46 bits per heavy atom. The summed E-state index contributed by atoms with van der Waals surface area (Å²) in [5.74, 6) is -0.298. The Balaban J connectivity index is 1.40. The monoisotopic (exact) mass is 493 g/mol. The number of nitrogens with zero attached hydrogens (tertiary/aromatic N) is 1. The van der Waals surface area contributed by atoms with Crippen molar-refractivity contribution in [1.82, 2.24) is 4.90 Å². The highest BCUT2D eigenvalue weighted by atomic mass is 16.5. The third kappa shape index (κ3) is 3.78. The molecule has 184 valence electrons. The topological polar surface area (TPSA) is 97.0 Å².